The summed E-state index contributed by atoms with van der Waals surface area (Å²) in [5.74, 6) is 1.82. The summed E-state index contributed by atoms with van der Waals surface area (Å²) in [6.45, 7) is 15.3. The van der Waals surface area contributed by atoms with Crippen molar-refractivity contribution in [2.75, 3.05) is 37.6 Å². The minimum absolute atomic E-state index is 0.618. The normalized spacial score (nSPS) is 11.3. The van der Waals surface area contributed by atoms with Gasteiger partial charge in [-0.05, 0) is 32.4 Å². The summed E-state index contributed by atoms with van der Waals surface area (Å²) < 4.78 is 2.07. The van der Waals surface area contributed by atoms with Crippen molar-refractivity contribution in [2.45, 2.75) is 40.2 Å². The van der Waals surface area contributed by atoms with Crippen molar-refractivity contribution >= 4 is 11.6 Å². The topological polar surface area (TPSA) is 70.4 Å². The molecule has 0 aliphatic rings. The lowest BCUT2D eigenvalue weighted by Crippen LogP contribution is -2.40. The maximum Gasteiger partial charge on any atom is 0.191 e. The van der Waals surface area contributed by atoms with Gasteiger partial charge in [-0.15, -0.1) is 10.2 Å². The number of para-hydroxylation sites is 1. The zero-order valence-electron chi connectivity index (χ0n) is 18.1. The molecular weight excluding hydrogens is 362 g/mol. The molecule has 1 aromatic carbocycles. The van der Waals surface area contributed by atoms with Gasteiger partial charge in [0.15, 0.2) is 5.96 Å². The number of aryl methyl sites for hydroxylation is 1. The summed E-state index contributed by atoms with van der Waals surface area (Å²) >= 11 is 0. The van der Waals surface area contributed by atoms with Crippen LogP contribution in [0.15, 0.2) is 53.8 Å². The van der Waals surface area contributed by atoms with Crippen molar-refractivity contribution in [1.82, 2.24) is 25.4 Å². The van der Waals surface area contributed by atoms with Gasteiger partial charge in [-0.3, -0.25) is 0 Å². The van der Waals surface area contributed by atoms with Gasteiger partial charge in [0.25, 0.3) is 0 Å². The molecule has 0 atom stereocenters. The van der Waals surface area contributed by atoms with Crippen LogP contribution in [0.4, 0.5) is 5.69 Å². The van der Waals surface area contributed by atoms with E-state index in [1.165, 1.54) is 5.69 Å². The predicted molar refractivity (Wildman–Crippen MR) is 121 cm³/mol. The molecule has 0 saturated carbocycles. The second-order valence-electron chi connectivity index (χ2n) is 7.04. The highest BCUT2D eigenvalue weighted by atomic mass is 15.3. The molecule has 0 aliphatic carbocycles. The Hall–Kier alpha value is -2.83. The quantitative estimate of drug-likeness (QED) is 0.249. The molecular formula is C22H35N7. The number of aromatic nitrogens is 3. The largest absolute Gasteiger partial charge is 0.372 e. The number of hydrogen-bond acceptors (Lipinski definition) is 4. The summed E-state index contributed by atoms with van der Waals surface area (Å²) in [4.78, 5) is 7.01. The Labute approximate surface area is 174 Å². The summed E-state index contributed by atoms with van der Waals surface area (Å²) in [6, 6.07) is 10.5. The Morgan fingerprint density at radius 2 is 1.93 bits per heavy atom. The summed E-state index contributed by atoms with van der Waals surface area (Å²) in [7, 11) is 0. The fraction of sp³-hybridized carbons (Fsp3) is 0.500. The van der Waals surface area contributed by atoms with Crippen LogP contribution in [0.25, 0.3) is 0 Å². The van der Waals surface area contributed by atoms with E-state index in [4.69, 9.17) is 0 Å². The number of guanidine groups is 1. The van der Waals surface area contributed by atoms with Crippen LogP contribution in [-0.4, -0.2) is 53.4 Å². The van der Waals surface area contributed by atoms with Crippen LogP contribution >= 0.6 is 0 Å². The Kier molecular flexibility index (Phi) is 9.75. The fourth-order valence-electron chi connectivity index (χ4n) is 3.01. The molecule has 2 N–H and O–H groups in total. The van der Waals surface area contributed by atoms with Crippen LogP contribution < -0.4 is 15.5 Å². The molecule has 0 unspecified atom stereocenters. The number of aliphatic imine (C=N–C) groups is 1. The van der Waals surface area contributed by atoms with E-state index in [1.807, 2.05) is 6.92 Å². The lowest BCUT2D eigenvalue weighted by molar-refractivity contribution is 0.629. The van der Waals surface area contributed by atoms with E-state index in [0.717, 1.165) is 62.9 Å². The number of nitrogens with one attached hydrogen (secondary N) is 2. The molecule has 158 valence electrons. The van der Waals surface area contributed by atoms with Crippen LogP contribution in [0.5, 0.6) is 0 Å². The highest BCUT2D eigenvalue weighted by Gasteiger charge is 2.05. The van der Waals surface area contributed by atoms with Crippen molar-refractivity contribution in [2.24, 2.45) is 4.99 Å². The molecule has 29 heavy (non-hydrogen) atoms. The molecule has 7 heteroatoms. The molecule has 0 amide bonds. The van der Waals surface area contributed by atoms with Gasteiger partial charge in [0.1, 0.15) is 12.2 Å². The number of anilines is 1. The van der Waals surface area contributed by atoms with Gasteiger partial charge in [-0.25, -0.2) is 4.99 Å². The van der Waals surface area contributed by atoms with E-state index in [9.17, 15) is 0 Å². The zero-order valence-corrected chi connectivity index (χ0v) is 18.1. The van der Waals surface area contributed by atoms with Gasteiger partial charge in [0.05, 0.1) is 6.54 Å². The third kappa shape index (κ3) is 7.97. The second-order valence-corrected chi connectivity index (χ2v) is 7.04. The van der Waals surface area contributed by atoms with Crippen LogP contribution in [0, 0.1) is 0 Å². The number of nitrogens with zero attached hydrogens (tertiary/aromatic N) is 5. The molecule has 7 nitrogen and oxygen atoms in total. The Balaban J connectivity index is 1.80. The van der Waals surface area contributed by atoms with E-state index in [1.54, 1.807) is 6.33 Å². The van der Waals surface area contributed by atoms with Crippen molar-refractivity contribution < 1.29 is 0 Å². The molecule has 2 rings (SSSR count). The number of hydrogen-bond donors (Lipinski definition) is 2. The SMILES string of the molecule is C=C(C)CN=C(NCCCN(CC)c1ccccc1)NCCn1cnnc1CC. The molecule has 0 spiro atoms. The highest BCUT2D eigenvalue weighted by molar-refractivity contribution is 5.79. The first-order chi connectivity index (χ1) is 14.1. The van der Waals surface area contributed by atoms with E-state index in [2.05, 4.69) is 86.0 Å². The molecule has 1 aromatic heterocycles. The first kappa shape index (κ1) is 22.5. The molecule has 0 radical (unpaired) electrons. The summed E-state index contributed by atoms with van der Waals surface area (Å²) in [6.07, 6.45) is 3.69. The van der Waals surface area contributed by atoms with Gasteiger partial charge >= 0.3 is 0 Å². The monoisotopic (exact) mass is 397 g/mol. The Bertz CT molecular complexity index is 752. The second kappa shape index (κ2) is 12.6. The molecule has 0 bridgehead atoms. The zero-order chi connectivity index (χ0) is 20.9. The third-order valence-electron chi connectivity index (χ3n) is 4.56. The maximum atomic E-state index is 4.62. The average molecular weight is 398 g/mol. The first-order valence-electron chi connectivity index (χ1n) is 10.5. The lowest BCUT2D eigenvalue weighted by atomic mass is 10.2. The van der Waals surface area contributed by atoms with E-state index in [-0.39, 0.29) is 0 Å². The van der Waals surface area contributed by atoms with E-state index < -0.39 is 0 Å². The minimum atomic E-state index is 0.618. The maximum absolute atomic E-state index is 4.62. The minimum Gasteiger partial charge on any atom is -0.372 e. The van der Waals surface area contributed by atoms with Gasteiger partial charge in [-0.2, -0.15) is 0 Å². The summed E-state index contributed by atoms with van der Waals surface area (Å²) in [5, 5.41) is 15.0. The molecule has 0 fully saturated rings. The van der Waals surface area contributed by atoms with Crippen molar-refractivity contribution in [3.63, 3.8) is 0 Å². The fourth-order valence-corrected chi connectivity index (χ4v) is 3.01. The van der Waals surface area contributed by atoms with Crippen LogP contribution in [-0.2, 0) is 13.0 Å². The van der Waals surface area contributed by atoms with Gasteiger partial charge in [0.2, 0.25) is 0 Å². The molecule has 1 heterocycles. The van der Waals surface area contributed by atoms with Crippen molar-refractivity contribution in [3.05, 3.63) is 54.6 Å². The van der Waals surface area contributed by atoms with Crippen LogP contribution in [0.3, 0.4) is 0 Å². The first-order valence-corrected chi connectivity index (χ1v) is 10.5. The van der Waals surface area contributed by atoms with Crippen LogP contribution in [0.2, 0.25) is 0 Å². The van der Waals surface area contributed by atoms with Crippen molar-refractivity contribution in [1.29, 1.82) is 0 Å². The lowest BCUT2D eigenvalue weighted by Gasteiger charge is -2.23. The molecule has 0 saturated heterocycles. The number of benzene rings is 1. The Morgan fingerprint density at radius 3 is 2.62 bits per heavy atom. The molecule has 0 aliphatic heterocycles. The standard InChI is InChI=1S/C22H35N7/c1-5-21-27-26-18-29(21)16-14-24-22(25-17-19(3)4)23-13-10-15-28(6-2)20-11-8-7-9-12-20/h7-9,11-12,18H,3,5-6,10,13-17H2,1-2,4H3,(H2,23,24,25). The summed E-state index contributed by atoms with van der Waals surface area (Å²) in [5.41, 5.74) is 2.31. The Morgan fingerprint density at radius 1 is 1.17 bits per heavy atom. The van der Waals surface area contributed by atoms with E-state index >= 15 is 0 Å². The highest BCUT2D eigenvalue weighted by Crippen LogP contribution is 2.12. The van der Waals surface area contributed by atoms with Gasteiger partial charge < -0.3 is 20.1 Å². The van der Waals surface area contributed by atoms with Crippen molar-refractivity contribution in [3.8, 4) is 0 Å². The average Bonchev–Trinajstić information content (AvgIpc) is 3.19. The van der Waals surface area contributed by atoms with E-state index in [0.29, 0.717) is 6.54 Å². The van der Waals surface area contributed by atoms with Gasteiger partial charge in [-0.1, -0.05) is 37.3 Å². The number of rotatable bonds is 12. The smallest absolute Gasteiger partial charge is 0.191 e. The van der Waals surface area contributed by atoms with Crippen LogP contribution in [0.1, 0.15) is 33.0 Å². The van der Waals surface area contributed by atoms with Gasteiger partial charge in [0, 0.05) is 44.8 Å². The third-order valence-corrected chi connectivity index (χ3v) is 4.56. The molecule has 2 aromatic rings. The predicted octanol–water partition coefficient (Wildman–Crippen LogP) is 2.87.